The molecule has 5 heteroatoms. The van der Waals surface area contributed by atoms with Gasteiger partial charge in [0.1, 0.15) is 0 Å². The lowest BCUT2D eigenvalue weighted by molar-refractivity contribution is -0.117. The zero-order valence-corrected chi connectivity index (χ0v) is 18.1. The number of allylic oxidation sites excluding steroid dienone is 2. The Hall–Kier alpha value is -2.24. The Balaban J connectivity index is 0.00000190. The van der Waals surface area contributed by atoms with Gasteiger partial charge in [-0.3, -0.25) is 9.59 Å². The Labute approximate surface area is 172 Å². The highest BCUT2D eigenvalue weighted by molar-refractivity contribution is 7.20. The van der Waals surface area contributed by atoms with Crippen molar-refractivity contribution in [1.82, 2.24) is 5.32 Å². The second-order valence-corrected chi connectivity index (χ2v) is 7.15. The van der Waals surface area contributed by atoms with Gasteiger partial charge in [-0.1, -0.05) is 50.3 Å². The molecule has 4 nitrogen and oxygen atoms in total. The van der Waals surface area contributed by atoms with E-state index in [9.17, 15) is 9.59 Å². The summed E-state index contributed by atoms with van der Waals surface area (Å²) >= 11 is 1.47. The fourth-order valence-electron chi connectivity index (χ4n) is 2.76. The van der Waals surface area contributed by atoms with Gasteiger partial charge < -0.3 is 11.1 Å². The highest BCUT2D eigenvalue weighted by Crippen LogP contribution is 2.27. The van der Waals surface area contributed by atoms with Crippen LogP contribution < -0.4 is 11.1 Å². The standard InChI is InChI=1S/C21H26N2O2S.C2H6/c1-3-9-15(4-2)21(25)23-17(11-7-8-13-22)20(24)19-14-16-10-5-6-12-18(16)26-19;1-2/h3-6,9-10,12,14,17H,7-8,11,13,22H2,1-2H3,(H,23,25);1-2H3/b9-3-,15-4+;. The second kappa shape index (κ2) is 13.0. The lowest BCUT2D eigenvalue weighted by atomic mass is 10.0. The molecular weight excluding hydrogens is 368 g/mol. The summed E-state index contributed by atoms with van der Waals surface area (Å²) in [5.41, 5.74) is 6.13. The predicted molar refractivity (Wildman–Crippen MR) is 121 cm³/mol. The summed E-state index contributed by atoms with van der Waals surface area (Å²) in [6, 6.07) is 9.29. The van der Waals surface area contributed by atoms with Crippen molar-refractivity contribution in [3.63, 3.8) is 0 Å². The molecule has 0 fully saturated rings. The van der Waals surface area contributed by atoms with Crippen LogP contribution in [0.4, 0.5) is 0 Å². The minimum atomic E-state index is -0.540. The fraction of sp³-hybridized carbons (Fsp3) is 0.391. The Morgan fingerprint density at radius 3 is 2.50 bits per heavy atom. The first-order valence-electron chi connectivity index (χ1n) is 9.93. The highest BCUT2D eigenvalue weighted by Gasteiger charge is 2.24. The molecule has 0 bridgehead atoms. The van der Waals surface area contributed by atoms with Gasteiger partial charge in [-0.25, -0.2) is 0 Å². The van der Waals surface area contributed by atoms with Crippen molar-refractivity contribution in [1.29, 1.82) is 0 Å². The molecule has 0 aliphatic rings. The van der Waals surface area contributed by atoms with E-state index in [1.807, 2.05) is 64.1 Å². The summed E-state index contributed by atoms with van der Waals surface area (Å²) in [4.78, 5) is 26.2. The number of Topliss-reactive ketones (excluding diaryl/α,β-unsaturated/α-hetero) is 1. The maximum atomic E-state index is 13.0. The lowest BCUT2D eigenvalue weighted by Gasteiger charge is -2.17. The van der Waals surface area contributed by atoms with Gasteiger partial charge in [-0.15, -0.1) is 11.3 Å². The van der Waals surface area contributed by atoms with Crippen LogP contribution in [0.2, 0.25) is 0 Å². The predicted octanol–water partition coefficient (Wildman–Crippen LogP) is 5.25. The Kier molecular flexibility index (Phi) is 11.1. The first kappa shape index (κ1) is 23.8. The summed E-state index contributed by atoms with van der Waals surface area (Å²) in [6.45, 7) is 8.25. The second-order valence-electron chi connectivity index (χ2n) is 6.07. The molecule has 1 atom stereocenters. The molecule has 0 aliphatic heterocycles. The Morgan fingerprint density at radius 1 is 1.18 bits per heavy atom. The zero-order chi connectivity index (χ0) is 20.9. The third-order valence-electron chi connectivity index (χ3n) is 4.16. The van der Waals surface area contributed by atoms with Crippen LogP contribution in [0, 0.1) is 0 Å². The molecule has 2 aromatic rings. The summed E-state index contributed by atoms with van der Waals surface area (Å²) in [5.74, 6) is -0.259. The van der Waals surface area contributed by atoms with Crippen LogP contribution in [0.25, 0.3) is 10.1 Å². The van der Waals surface area contributed by atoms with Crippen molar-refractivity contribution >= 4 is 33.1 Å². The number of nitrogens with one attached hydrogen (secondary N) is 1. The molecule has 2 rings (SSSR count). The molecule has 1 aromatic carbocycles. The molecule has 0 saturated heterocycles. The van der Waals surface area contributed by atoms with Crippen molar-refractivity contribution in [2.45, 2.75) is 53.0 Å². The monoisotopic (exact) mass is 400 g/mol. The van der Waals surface area contributed by atoms with Gasteiger partial charge in [-0.2, -0.15) is 0 Å². The SMILES string of the molecule is C/C=C\C(=C/C)C(=O)NC(CCCCN)C(=O)c1cc2ccccc2s1.CC. The number of carbonyl (C=O) groups excluding carboxylic acids is 2. The van der Waals surface area contributed by atoms with Crippen LogP contribution in [0.15, 0.2) is 54.1 Å². The zero-order valence-electron chi connectivity index (χ0n) is 17.3. The number of hydrogen-bond donors (Lipinski definition) is 2. The van der Waals surface area contributed by atoms with Crippen LogP contribution in [0.3, 0.4) is 0 Å². The van der Waals surface area contributed by atoms with Crippen molar-refractivity contribution < 1.29 is 9.59 Å². The van der Waals surface area contributed by atoms with Gasteiger partial charge in [0, 0.05) is 10.3 Å². The summed E-state index contributed by atoms with van der Waals surface area (Å²) in [7, 11) is 0. The van der Waals surface area contributed by atoms with E-state index >= 15 is 0 Å². The van der Waals surface area contributed by atoms with Crippen LogP contribution in [-0.2, 0) is 4.79 Å². The normalized spacial score (nSPS) is 12.5. The van der Waals surface area contributed by atoms with Crippen LogP contribution in [0.5, 0.6) is 0 Å². The van der Waals surface area contributed by atoms with E-state index in [4.69, 9.17) is 5.73 Å². The topological polar surface area (TPSA) is 72.2 Å². The average Bonchev–Trinajstić information content (AvgIpc) is 3.16. The summed E-state index contributed by atoms with van der Waals surface area (Å²) in [5, 5.41) is 3.96. The highest BCUT2D eigenvalue weighted by atomic mass is 32.1. The molecule has 0 radical (unpaired) electrons. The first-order valence-corrected chi connectivity index (χ1v) is 10.7. The lowest BCUT2D eigenvalue weighted by Crippen LogP contribution is -2.41. The molecule has 1 aromatic heterocycles. The van der Waals surface area contributed by atoms with E-state index in [0.717, 1.165) is 22.9 Å². The van der Waals surface area contributed by atoms with E-state index in [-0.39, 0.29) is 11.7 Å². The van der Waals surface area contributed by atoms with E-state index in [0.29, 0.717) is 23.4 Å². The van der Waals surface area contributed by atoms with Gasteiger partial charge in [0.25, 0.3) is 5.91 Å². The van der Waals surface area contributed by atoms with E-state index < -0.39 is 6.04 Å². The van der Waals surface area contributed by atoms with Crippen molar-refractivity contribution in [2.24, 2.45) is 5.73 Å². The van der Waals surface area contributed by atoms with Crippen LogP contribution in [0.1, 0.15) is 56.6 Å². The summed E-state index contributed by atoms with van der Waals surface area (Å²) < 4.78 is 1.07. The number of rotatable bonds is 9. The molecule has 152 valence electrons. The van der Waals surface area contributed by atoms with Gasteiger partial charge in [-0.05, 0) is 57.2 Å². The Morgan fingerprint density at radius 2 is 1.89 bits per heavy atom. The number of nitrogens with two attached hydrogens (primary N) is 1. The van der Waals surface area contributed by atoms with Crippen molar-refractivity contribution in [3.8, 4) is 0 Å². The maximum Gasteiger partial charge on any atom is 0.251 e. The van der Waals surface area contributed by atoms with Crippen LogP contribution >= 0.6 is 11.3 Å². The minimum absolute atomic E-state index is 0.0347. The molecule has 3 N–H and O–H groups in total. The number of fused-ring (bicyclic) bond motifs is 1. The van der Waals surface area contributed by atoms with E-state index in [1.54, 1.807) is 12.2 Å². The van der Waals surface area contributed by atoms with Gasteiger partial charge >= 0.3 is 0 Å². The van der Waals surface area contributed by atoms with E-state index in [1.165, 1.54) is 11.3 Å². The quantitative estimate of drug-likeness (QED) is 0.261. The number of thiophene rings is 1. The minimum Gasteiger partial charge on any atom is -0.342 e. The summed E-state index contributed by atoms with van der Waals surface area (Å²) in [6.07, 6.45) is 7.52. The Bertz CT molecular complexity index is 788. The number of ketones is 1. The number of amides is 1. The molecule has 0 aliphatic carbocycles. The van der Waals surface area contributed by atoms with Crippen molar-refractivity contribution in [3.05, 3.63) is 59.0 Å². The van der Waals surface area contributed by atoms with Crippen molar-refractivity contribution in [2.75, 3.05) is 6.54 Å². The molecule has 0 spiro atoms. The molecule has 1 heterocycles. The molecule has 0 saturated carbocycles. The smallest absolute Gasteiger partial charge is 0.251 e. The number of hydrogen-bond acceptors (Lipinski definition) is 4. The number of unbranched alkanes of at least 4 members (excludes halogenated alkanes) is 1. The fourth-order valence-corrected chi connectivity index (χ4v) is 3.82. The average molecular weight is 401 g/mol. The number of carbonyl (C=O) groups is 2. The van der Waals surface area contributed by atoms with E-state index in [2.05, 4.69) is 5.32 Å². The van der Waals surface area contributed by atoms with Crippen LogP contribution in [-0.4, -0.2) is 24.3 Å². The third-order valence-corrected chi connectivity index (χ3v) is 5.29. The van der Waals surface area contributed by atoms with Gasteiger partial charge in [0.15, 0.2) is 5.78 Å². The third kappa shape index (κ3) is 6.73. The van der Waals surface area contributed by atoms with Gasteiger partial charge in [0.2, 0.25) is 0 Å². The largest absolute Gasteiger partial charge is 0.342 e. The molecule has 28 heavy (non-hydrogen) atoms. The number of benzene rings is 1. The molecule has 1 amide bonds. The van der Waals surface area contributed by atoms with Gasteiger partial charge in [0.05, 0.1) is 10.9 Å². The maximum absolute atomic E-state index is 13.0. The molecule has 1 unspecified atom stereocenters. The molecular formula is C23H32N2O2S. The first-order chi connectivity index (χ1) is 13.6.